The number of allylic oxidation sites excluding steroid dienone is 1. The van der Waals surface area contributed by atoms with Gasteiger partial charge in [-0.25, -0.2) is 0 Å². The molecule has 2 aromatic carbocycles. The summed E-state index contributed by atoms with van der Waals surface area (Å²) in [5.41, 5.74) is 2.64. The number of hydrogen-bond acceptors (Lipinski definition) is 7. The van der Waals surface area contributed by atoms with Gasteiger partial charge in [0, 0.05) is 35.6 Å². The average molecular weight is 488 g/mol. The molecule has 4 heterocycles. The van der Waals surface area contributed by atoms with Crippen molar-refractivity contribution in [3.05, 3.63) is 75.8 Å². The van der Waals surface area contributed by atoms with Crippen molar-refractivity contribution in [2.45, 2.75) is 38.0 Å². The van der Waals surface area contributed by atoms with Crippen molar-refractivity contribution in [1.29, 1.82) is 0 Å². The number of benzene rings is 2. The van der Waals surface area contributed by atoms with Gasteiger partial charge in [-0.3, -0.25) is 29.4 Å². The summed E-state index contributed by atoms with van der Waals surface area (Å²) in [5.74, 6) is -2.66. The number of imide groups is 1. The number of para-hydroxylation sites is 1. The molecule has 0 radical (unpaired) electrons. The van der Waals surface area contributed by atoms with Crippen molar-refractivity contribution in [3.8, 4) is 0 Å². The van der Waals surface area contributed by atoms with Gasteiger partial charge in [0.1, 0.15) is 6.04 Å². The number of fused-ring (bicyclic) bond motifs is 5. The maximum atomic E-state index is 14.0. The highest BCUT2D eigenvalue weighted by molar-refractivity contribution is 6.14. The fraction of sp³-hybridized carbons (Fsp3) is 0.370. The largest absolute Gasteiger partial charge is 0.376 e. The van der Waals surface area contributed by atoms with E-state index in [9.17, 15) is 24.5 Å². The lowest BCUT2D eigenvalue weighted by molar-refractivity contribution is -0.384. The Morgan fingerprint density at radius 1 is 1.11 bits per heavy atom. The summed E-state index contributed by atoms with van der Waals surface area (Å²) in [6.45, 7) is 2.76. The van der Waals surface area contributed by atoms with Crippen LogP contribution in [0.4, 0.5) is 11.4 Å². The maximum absolute atomic E-state index is 14.0. The van der Waals surface area contributed by atoms with E-state index < -0.39 is 34.6 Å². The van der Waals surface area contributed by atoms with Crippen molar-refractivity contribution in [2.24, 2.45) is 11.8 Å². The Morgan fingerprint density at radius 2 is 1.89 bits per heavy atom. The molecule has 6 rings (SSSR count). The first-order valence-corrected chi connectivity index (χ1v) is 12.2. The second-order valence-electron chi connectivity index (χ2n) is 9.85. The number of nitro groups is 1. The summed E-state index contributed by atoms with van der Waals surface area (Å²) < 4.78 is 5.68. The lowest BCUT2D eigenvalue weighted by atomic mass is 9.85. The van der Waals surface area contributed by atoms with Crippen LogP contribution in [0.25, 0.3) is 5.57 Å². The van der Waals surface area contributed by atoms with E-state index in [4.69, 9.17) is 4.74 Å². The number of carbonyl (C=O) groups is 3. The van der Waals surface area contributed by atoms with Gasteiger partial charge >= 0.3 is 0 Å². The number of non-ortho nitro benzene ring substituents is 1. The van der Waals surface area contributed by atoms with E-state index in [1.54, 1.807) is 0 Å². The number of nitrogens with zero attached hydrogens (tertiary/aromatic N) is 3. The van der Waals surface area contributed by atoms with Crippen LogP contribution in [-0.4, -0.2) is 58.8 Å². The summed E-state index contributed by atoms with van der Waals surface area (Å²) in [4.78, 5) is 55.5. The molecule has 0 saturated carbocycles. The van der Waals surface area contributed by atoms with Crippen molar-refractivity contribution in [2.75, 3.05) is 18.1 Å². The van der Waals surface area contributed by atoms with E-state index in [-0.39, 0.29) is 35.7 Å². The molecule has 0 N–H and O–H groups in total. The number of Topliss-reactive ketones (excluding diaryl/α,β-unsaturated/α-hetero) is 1. The normalized spacial score (nSPS) is 28.6. The van der Waals surface area contributed by atoms with Crippen LogP contribution in [0, 0.1) is 22.0 Å². The number of amides is 2. The van der Waals surface area contributed by atoms with Crippen LogP contribution >= 0.6 is 0 Å². The summed E-state index contributed by atoms with van der Waals surface area (Å²) in [5, 5.41) is 11.4. The molecule has 4 aliphatic heterocycles. The zero-order valence-electron chi connectivity index (χ0n) is 19.7. The highest BCUT2D eigenvalue weighted by Crippen LogP contribution is 2.50. The highest BCUT2D eigenvalue weighted by Gasteiger charge is 2.64. The van der Waals surface area contributed by atoms with Crippen LogP contribution in [-0.2, 0) is 14.3 Å². The predicted octanol–water partition coefficient (Wildman–Crippen LogP) is 3.23. The molecule has 5 atom stereocenters. The van der Waals surface area contributed by atoms with Gasteiger partial charge in [0.05, 0.1) is 35.4 Å². The van der Waals surface area contributed by atoms with Gasteiger partial charge in [0.25, 0.3) is 5.69 Å². The van der Waals surface area contributed by atoms with Gasteiger partial charge < -0.3 is 9.64 Å². The zero-order valence-corrected chi connectivity index (χ0v) is 19.7. The number of ether oxygens (including phenoxy) is 1. The van der Waals surface area contributed by atoms with Crippen molar-refractivity contribution < 1.29 is 24.0 Å². The Balaban J connectivity index is 1.46. The smallest absolute Gasteiger partial charge is 0.270 e. The molecular weight excluding hydrogens is 462 g/mol. The average Bonchev–Trinajstić information content (AvgIpc) is 3.57. The van der Waals surface area contributed by atoms with Crippen molar-refractivity contribution >= 4 is 34.5 Å². The fourth-order valence-electron chi connectivity index (χ4n) is 6.27. The van der Waals surface area contributed by atoms with Crippen molar-refractivity contribution in [3.63, 3.8) is 0 Å². The molecule has 9 heteroatoms. The maximum Gasteiger partial charge on any atom is 0.270 e. The summed E-state index contributed by atoms with van der Waals surface area (Å²) >= 11 is 0. The SMILES string of the molecule is CC1=CC2C3C(=O)N(CC4CCCO4)C(=O)C3C(C(=O)c3cccc([N+](=O)[O-])c3)N2c2ccccc21. The number of carbonyl (C=O) groups excluding carboxylic acids is 3. The van der Waals surface area contributed by atoms with Gasteiger partial charge in [0.2, 0.25) is 11.8 Å². The van der Waals surface area contributed by atoms with Gasteiger partial charge in [0.15, 0.2) is 5.78 Å². The molecular formula is C27H25N3O6. The number of nitro benzene ring substituents is 1. The standard InChI is InChI=1S/C27H25N3O6/c1-15-12-21-22-23(27(33)28(26(22)32)14-18-8-5-11-36-18)24(29(21)20-10-3-2-9-19(15)20)25(31)16-6-4-7-17(13-16)30(34)35/h2-4,6-7,9-10,12-13,18,21-24H,5,8,11,14H2,1H3. The van der Waals surface area contributed by atoms with Crippen LogP contribution in [0.15, 0.2) is 54.6 Å². The van der Waals surface area contributed by atoms with Crippen LogP contribution < -0.4 is 4.90 Å². The Hall–Kier alpha value is -3.85. The zero-order chi connectivity index (χ0) is 25.1. The molecule has 3 fully saturated rings. The van der Waals surface area contributed by atoms with Gasteiger partial charge in [-0.05, 0) is 31.4 Å². The fourth-order valence-corrected chi connectivity index (χ4v) is 6.27. The van der Waals surface area contributed by atoms with Crippen LogP contribution in [0.5, 0.6) is 0 Å². The molecule has 0 aliphatic carbocycles. The molecule has 5 unspecified atom stereocenters. The quantitative estimate of drug-likeness (QED) is 0.276. The molecule has 4 aliphatic rings. The molecule has 0 aromatic heterocycles. The van der Waals surface area contributed by atoms with E-state index in [0.29, 0.717) is 6.61 Å². The van der Waals surface area contributed by atoms with E-state index in [2.05, 4.69) is 0 Å². The molecule has 36 heavy (non-hydrogen) atoms. The van der Waals surface area contributed by atoms with E-state index in [0.717, 1.165) is 29.7 Å². The summed E-state index contributed by atoms with van der Waals surface area (Å²) in [7, 11) is 0. The number of anilines is 1. The second kappa shape index (κ2) is 8.37. The van der Waals surface area contributed by atoms with E-state index >= 15 is 0 Å². The number of ketones is 1. The summed E-state index contributed by atoms with van der Waals surface area (Å²) in [6.07, 6.45) is 3.45. The number of rotatable bonds is 5. The third-order valence-electron chi connectivity index (χ3n) is 7.87. The van der Waals surface area contributed by atoms with Gasteiger partial charge in [-0.2, -0.15) is 0 Å². The third kappa shape index (κ3) is 3.30. The minimum absolute atomic E-state index is 0.148. The van der Waals surface area contributed by atoms with E-state index in [1.807, 2.05) is 42.2 Å². The monoisotopic (exact) mass is 487 g/mol. The highest BCUT2D eigenvalue weighted by atomic mass is 16.6. The first-order valence-electron chi connectivity index (χ1n) is 12.2. The van der Waals surface area contributed by atoms with Gasteiger partial charge in [-0.15, -0.1) is 0 Å². The first kappa shape index (κ1) is 22.6. The Morgan fingerprint density at radius 3 is 2.64 bits per heavy atom. The summed E-state index contributed by atoms with van der Waals surface area (Å²) in [6, 6.07) is 11.8. The minimum Gasteiger partial charge on any atom is -0.376 e. The molecule has 184 valence electrons. The topological polar surface area (TPSA) is 110 Å². The van der Waals surface area contributed by atoms with Crippen LogP contribution in [0.1, 0.15) is 35.7 Å². The lowest BCUT2D eigenvalue weighted by Crippen LogP contribution is -2.49. The third-order valence-corrected chi connectivity index (χ3v) is 7.87. The molecule has 0 bridgehead atoms. The number of likely N-dealkylation sites (tertiary alicyclic amines) is 1. The molecule has 0 spiro atoms. The van der Waals surface area contributed by atoms with Crippen molar-refractivity contribution in [1.82, 2.24) is 4.90 Å². The first-order chi connectivity index (χ1) is 17.4. The lowest BCUT2D eigenvalue weighted by Gasteiger charge is -2.38. The van der Waals surface area contributed by atoms with Gasteiger partial charge in [-0.1, -0.05) is 36.4 Å². The molecule has 2 aromatic rings. The van der Waals surface area contributed by atoms with Crippen LogP contribution in [0.3, 0.4) is 0 Å². The molecule has 2 amide bonds. The Labute approximate surface area is 207 Å². The second-order valence-corrected chi connectivity index (χ2v) is 9.85. The van der Waals surface area contributed by atoms with E-state index in [1.165, 1.54) is 29.2 Å². The Bertz CT molecular complexity index is 1330. The minimum atomic E-state index is -0.960. The predicted molar refractivity (Wildman–Crippen MR) is 130 cm³/mol. The Kier molecular flexibility index (Phi) is 5.26. The van der Waals surface area contributed by atoms with Crippen LogP contribution in [0.2, 0.25) is 0 Å². The number of hydrogen-bond donors (Lipinski definition) is 0. The molecule has 9 nitrogen and oxygen atoms in total. The molecule has 3 saturated heterocycles.